The Labute approximate surface area is 200 Å². The predicted molar refractivity (Wildman–Crippen MR) is 128 cm³/mol. The van der Waals surface area contributed by atoms with E-state index in [2.05, 4.69) is 5.32 Å². The lowest BCUT2D eigenvalue weighted by Crippen LogP contribution is -2.41. The maximum absolute atomic E-state index is 12.4. The van der Waals surface area contributed by atoms with Gasteiger partial charge in [0.1, 0.15) is 30.4 Å². The third-order valence-corrected chi connectivity index (χ3v) is 7.59. The zero-order valence-electron chi connectivity index (χ0n) is 19.6. The Morgan fingerprint density at radius 3 is 2.09 bits per heavy atom. The Morgan fingerprint density at radius 1 is 0.941 bits per heavy atom. The van der Waals surface area contributed by atoms with Crippen molar-refractivity contribution >= 4 is 31.6 Å². The number of carbonyl (C=O) groups is 1. The summed E-state index contributed by atoms with van der Waals surface area (Å²) < 4.78 is 66.8. The van der Waals surface area contributed by atoms with Crippen LogP contribution in [0.2, 0.25) is 0 Å². The Bertz CT molecular complexity index is 1200. The monoisotopic (exact) mass is 515 g/mol. The van der Waals surface area contributed by atoms with Gasteiger partial charge in [-0.3, -0.25) is 9.10 Å². The molecule has 0 saturated heterocycles. The van der Waals surface area contributed by atoms with Crippen LogP contribution in [0, 0.1) is 0 Å². The van der Waals surface area contributed by atoms with Crippen LogP contribution in [0.5, 0.6) is 17.2 Å². The molecule has 0 fully saturated rings. The van der Waals surface area contributed by atoms with Gasteiger partial charge in [0.25, 0.3) is 0 Å². The molecule has 1 N–H and O–H groups in total. The van der Waals surface area contributed by atoms with Gasteiger partial charge in [0, 0.05) is 20.2 Å². The highest BCUT2D eigenvalue weighted by atomic mass is 32.2. The summed E-state index contributed by atoms with van der Waals surface area (Å²) in [5.74, 6) is 0.593. The van der Waals surface area contributed by atoms with Crippen LogP contribution < -0.4 is 23.8 Å². The fourth-order valence-corrected chi connectivity index (χ4v) is 4.60. The molecule has 0 atom stereocenters. The van der Waals surface area contributed by atoms with Crippen LogP contribution in [0.15, 0.2) is 47.4 Å². The van der Waals surface area contributed by atoms with Gasteiger partial charge in [-0.05, 0) is 36.4 Å². The van der Waals surface area contributed by atoms with Crippen molar-refractivity contribution in [1.29, 1.82) is 0 Å². The van der Waals surface area contributed by atoms with Crippen LogP contribution in [0.1, 0.15) is 0 Å². The first-order valence-corrected chi connectivity index (χ1v) is 13.3. The molecular formula is C21H29N3O8S2. The zero-order chi connectivity index (χ0) is 25.5. The van der Waals surface area contributed by atoms with E-state index < -0.39 is 32.5 Å². The Kier molecular flexibility index (Phi) is 9.13. The smallest absolute Gasteiger partial charge is 0.242 e. The number of benzene rings is 2. The van der Waals surface area contributed by atoms with Crippen molar-refractivity contribution in [3.63, 3.8) is 0 Å². The van der Waals surface area contributed by atoms with Crippen molar-refractivity contribution in [3.05, 3.63) is 42.5 Å². The first-order chi connectivity index (χ1) is 15.9. The zero-order valence-corrected chi connectivity index (χ0v) is 21.3. The van der Waals surface area contributed by atoms with E-state index in [-0.39, 0.29) is 29.5 Å². The summed E-state index contributed by atoms with van der Waals surface area (Å²) in [6.45, 7) is -0.261. The average molecular weight is 516 g/mol. The van der Waals surface area contributed by atoms with Gasteiger partial charge in [0.05, 0.1) is 37.6 Å². The lowest BCUT2D eigenvalue weighted by molar-refractivity contribution is -0.119. The molecule has 0 heterocycles. The van der Waals surface area contributed by atoms with Crippen molar-refractivity contribution in [3.8, 4) is 17.2 Å². The van der Waals surface area contributed by atoms with Gasteiger partial charge < -0.3 is 19.5 Å². The number of nitrogens with one attached hydrogen (secondary N) is 1. The minimum Gasteiger partial charge on any atom is -0.497 e. The van der Waals surface area contributed by atoms with Gasteiger partial charge in [-0.2, -0.15) is 0 Å². The Hall–Kier alpha value is -3.03. The van der Waals surface area contributed by atoms with Crippen molar-refractivity contribution < 1.29 is 35.8 Å². The van der Waals surface area contributed by atoms with Crippen molar-refractivity contribution in [2.45, 2.75) is 4.90 Å². The largest absolute Gasteiger partial charge is 0.497 e. The normalized spacial score (nSPS) is 11.7. The number of sulfonamides is 2. The lowest BCUT2D eigenvalue weighted by Gasteiger charge is -2.24. The van der Waals surface area contributed by atoms with Crippen LogP contribution in [0.25, 0.3) is 0 Å². The molecule has 0 bridgehead atoms. The van der Waals surface area contributed by atoms with E-state index in [0.717, 1.165) is 14.9 Å². The molecule has 1 amide bonds. The van der Waals surface area contributed by atoms with Crippen molar-refractivity contribution in [1.82, 2.24) is 9.62 Å². The van der Waals surface area contributed by atoms with E-state index in [1.165, 1.54) is 64.7 Å². The molecule has 0 spiro atoms. The SMILES string of the molecule is COc1ccc(N(CC(=O)NCCOc2ccc(S(=O)(=O)N(C)C)cc2)S(C)(=O)=O)c(OC)c1. The quantitative estimate of drug-likeness (QED) is 0.413. The molecular weight excluding hydrogens is 486 g/mol. The fraction of sp³-hybridized carbons (Fsp3) is 0.381. The average Bonchev–Trinajstić information content (AvgIpc) is 2.79. The number of hydrogen-bond acceptors (Lipinski definition) is 8. The van der Waals surface area contributed by atoms with Gasteiger partial charge in [0.15, 0.2) is 0 Å². The number of methoxy groups -OCH3 is 2. The van der Waals surface area contributed by atoms with Gasteiger partial charge in [-0.25, -0.2) is 21.1 Å². The Morgan fingerprint density at radius 2 is 1.56 bits per heavy atom. The van der Waals surface area contributed by atoms with E-state index >= 15 is 0 Å². The molecule has 0 saturated carbocycles. The topological polar surface area (TPSA) is 132 Å². The molecule has 0 aliphatic heterocycles. The third kappa shape index (κ3) is 6.98. The molecule has 0 aliphatic rings. The molecule has 0 aromatic heterocycles. The third-order valence-electron chi connectivity index (χ3n) is 4.64. The highest BCUT2D eigenvalue weighted by Crippen LogP contribution is 2.33. The number of ether oxygens (including phenoxy) is 3. The van der Waals surface area contributed by atoms with Crippen molar-refractivity contribution in [2.75, 3.05) is 58.6 Å². The number of hydrogen-bond donors (Lipinski definition) is 1. The van der Waals surface area contributed by atoms with E-state index in [9.17, 15) is 21.6 Å². The molecule has 2 aromatic rings. The molecule has 13 heteroatoms. The van der Waals surface area contributed by atoms with E-state index in [1.54, 1.807) is 6.07 Å². The number of carbonyl (C=O) groups excluding carboxylic acids is 1. The summed E-state index contributed by atoms with van der Waals surface area (Å²) >= 11 is 0. The van der Waals surface area contributed by atoms with E-state index in [4.69, 9.17) is 14.2 Å². The van der Waals surface area contributed by atoms with Crippen LogP contribution >= 0.6 is 0 Å². The Balaban J connectivity index is 1.97. The minimum absolute atomic E-state index is 0.0935. The first kappa shape index (κ1) is 27.2. The van der Waals surface area contributed by atoms with Gasteiger partial charge in [0.2, 0.25) is 26.0 Å². The second kappa shape index (κ2) is 11.4. The highest BCUT2D eigenvalue weighted by Gasteiger charge is 2.24. The van der Waals surface area contributed by atoms with Gasteiger partial charge in [-0.1, -0.05) is 0 Å². The van der Waals surface area contributed by atoms with Gasteiger partial charge in [-0.15, -0.1) is 0 Å². The number of rotatable bonds is 12. The second-order valence-electron chi connectivity index (χ2n) is 7.26. The summed E-state index contributed by atoms with van der Waals surface area (Å²) in [5, 5.41) is 2.60. The lowest BCUT2D eigenvalue weighted by atomic mass is 10.2. The minimum atomic E-state index is -3.79. The maximum atomic E-state index is 12.4. The van der Waals surface area contributed by atoms with Crippen LogP contribution in [-0.2, 0) is 24.8 Å². The van der Waals surface area contributed by atoms with E-state index in [0.29, 0.717) is 11.5 Å². The summed E-state index contributed by atoms with van der Waals surface area (Å²) in [5.41, 5.74) is 0.199. The first-order valence-electron chi connectivity index (χ1n) is 10.0. The number of anilines is 1. The maximum Gasteiger partial charge on any atom is 0.242 e. The molecule has 2 rings (SSSR count). The molecule has 11 nitrogen and oxygen atoms in total. The molecule has 34 heavy (non-hydrogen) atoms. The molecule has 0 radical (unpaired) electrons. The second-order valence-corrected chi connectivity index (χ2v) is 11.3. The molecule has 188 valence electrons. The predicted octanol–water partition coefficient (Wildman–Crippen LogP) is 0.915. The molecule has 2 aromatic carbocycles. The summed E-state index contributed by atoms with van der Waals surface area (Å²) in [7, 11) is -1.58. The number of amides is 1. The van der Waals surface area contributed by atoms with Crippen LogP contribution in [0.4, 0.5) is 5.69 Å². The van der Waals surface area contributed by atoms with Gasteiger partial charge >= 0.3 is 0 Å². The highest BCUT2D eigenvalue weighted by molar-refractivity contribution is 7.92. The molecule has 0 aliphatic carbocycles. The number of nitrogens with zero attached hydrogens (tertiary/aromatic N) is 2. The summed E-state index contributed by atoms with van der Waals surface area (Å²) in [6, 6.07) is 10.5. The summed E-state index contributed by atoms with van der Waals surface area (Å²) in [4.78, 5) is 12.5. The van der Waals surface area contributed by atoms with Crippen molar-refractivity contribution in [2.24, 2.45) is 0 Å². The van der Waals surface area contributed by atoms with E-state index in [1.807, 2.05) is 0 Å². The molecule has 0 unspecified atom stereocenters. The summed E-state index contributed by atoms with van der Waals surface area (Å²) in [6.07, 6.45) is 0.993. The van der Waals surface area contributed by atoms with Crippen LogP contribution in [0.3, 0.4) is 0 Å². The standard InChI is InChI=1S/C21H29N3O8S2/c1-23(2)34(28,29)18-9-6-16(7-10-18)32-13-12-22-21(25)15-24(33(5,26)27)19-11-8-17(30-3)14-20(19)31-4/h6-11,14H,12-13,15H2,1-5H3,(H,22,25). The fourth-order valence-electron chi connectivity index (χ4n) is 2.84. The van der Waals surface area contributed by atoms with Crippen LogP contribution in [-0.4, -0.2) is 81.3 Å².